The Bertz CT molecular complexity index is 202. The molecule has 1 aliphatic rings. The first-order chi connectivity index (χ1) is 6.57. The third kappa shape index (κ3) is 2.87. The number of carboxylic acids is 1. The predicted octanol–water partition coefficient (Wildman–Crippen LogP) is 0.307. The Morgan fingerprint density at radius 3 is 2.86 bits per heavy atom. The molecule has 14 heavy (non-hydrogen) atoms. The molecule has 1 heterocycles. The molecule has 1 rings (SSSR count). The van der Waals surface area contributed by atoms with Gasteiger partial charge in [0.2, 0.25) is 0 Å². The van der Waals surface area contributed by atoms with Crippen molar-refractivity contribution in [3.05, 3.63) is 0 Å². The van der Waals surface area contributed by atoms with Gasteiger partial charge in [-0.05, 0) is 25.5 Å². The number of carbonyl (C=O) groups is 1. The quantitative estimate of drug-likeness (QED) is 0.635. The monoisotopic (exact) mass is 219 g/mol. The van der Waals surface area contributed by atoms with Crippen molar-refractivity contribution < 1.29 is 15.0 Å². The van der Waals surface area contributed by atoms with E-state index in [1.165, 1.54) is 0 Å². The van der Waals surface area contributed by atoms with E-state index in [1.807, 2.05) is 0 Å². The lowest BCUT2D eigenvalue weighted by atomic mass is 9.95. The lowest BCUT2D eigenvalue weighted by Gasteiger charge is -2.34. The molecule has 4 nitrogen and oxygen atoms in total. The van der Waals surface area contributed by atoms with Gasteiger partial charge in [-0.15, -0.1) is 0 Å². The van der Waals surface area contributed by atoms with Gasteiger partial charge in [-0.2, -0.15) is 11.8 Å². The summed E-state index contributed by atoms with van der Waals surface area (Å²) in [6.45, 7) is 1.99. The Hall–Kier alpha value is -0.260. The lowest BCUT2D eigenvalue weighted by molar-refractivity contribution is -0.144. The van der Waals surface area contributed by atoms with Crippen molar-refractivity contribution in [2.75, 3.05) is 18.1 Å². The third-order valence-electron chi connectivity index (χ3n) is 2.39. The summed E-state index contributed by atoms with van der Waals surface area (Å²) in [5, 5.41) is 21.2. The highest BCUT2D eigenvalue weighted by atomic mass is 32.2. The van der Waals surface area contributed by atoms with E-state index in [4.69, 9.17) is 10.2 Å². The summed E-state index contributed by atoms with van der Waals surface area (Å²) in [4.78, 5) is 11.1. The molecule has 5 heteroatoms. The van der Waals surface area contributed by atoms with Crippen LogP contribution in [-0.2, 0) is 4.79 Å². The van der Waals surface area contributed by atoms with E-state index in [9.17, 15) is 4.79 Å². The number of aliphatic hydroxyl groups excluding tert-OH is 1. The number of aliphatic carboxylic acids is 1. The number of hydrogen-bond acceptors (Lipinski definition) is 4. The third-order valence-corrected chi connectivity index (χ3v) is 3.66. The average molecular weight is 219 g/mol. The van der Waals surface area contributed by atoms with Crippen LogP contribution in [0.2, 0.25) is 0 Å². The van der Waals surface area contributed by atoms with E-state index in [1.54, 1.807) is 18.7 Å². The van der Waals surface area contributed by atoms with E-state index >= 15 is 0 Å². The lowest BCUT2D eigenvalue weighted by Crippen LogP contribution is -2.57. The van der Waals surface area contributed by atoms with Gasteiger partial charge >= 0.3 is 5.97 Å². The zero-order chi connectivity index (χ0) is 10.6. The Balaban J connectivity index is 2.56. The maximum absolute atomic E-state index is 11.1. The molecule has 0 bridgehead atoms. The van der Waals surface area contributed by atoms with Crippen molar-refractivity contribution in [3.8, 4) is 0 Å². The zero-order valence-electron chi connectivity index (χ0n) is 8.32. The van der Waals surface area contributed by atoms with E-state index in [0.717, 1.165) is 12.2 Å². The molecule has 0 amide bonds. The van der Waals surface area contributed by atoms with E-state index in [2.05, 4.69) is 5.32 Å². The van der Waals surface area contributed by atoms with Crippen molar-refractivity contribution in [2.24, 2.45) is 0 Å². The Labute approximate surface area is 88.1 Å². The number of hydrogen-bond donors (Lipinski definition) is 3. The molecule has 2 unspecified atom stereocenters. The first-order valence-electron chi connectivity index (χ1n) is 4.81. The second kappa shape index (κ2) is 5.00. The maximum atomic E-state index is 11.1. The molecule has 3 N–H and O–H groups in total. The Morgan fingerprint density at radius 2 is 2.43 bits per heavy atom. The molecule has 1 saturated heterocycles. The van der Waals surface area contributed by atoms with Gasteiger partial charge in [0.15, 0.2) is 0 Å². The van der Waals surface area contributed by atoms with Crippen molar-refractivity contribution in [2.45, 2.75) is 31.4 Å². The summed E-state index contributed by atoms with van der Waals surface area (Å²) in [5.41, 5.74) is -0.820. The van der Waals surface area contributed by atoms with Crippen molar-refractivity contribution >= 4 is 17.7 Å². The van der Waals surface area contributed by atoms with Crippen LogP contribution in [0.15, 0.2) is 0 Å². The highest BCUT2D eigenvalue weighted by molar-refractivity contribution is 7.99. The second-order valence-electron chi connectivity index (χ2n) is 3.77. The summed E-state index contributed by atoms with van der Waals surface area (Å²) in [6.07, 6.45) is 1.07. The van der Waals surface area contributed by atoms with Crippen molar-refractivity contribution in [3.63, 3.8) is 0 Å². The molecular weight excluding hydrogens is 202 g/mol. The zero-order valence-corrected chi connectivity index (χ0v) is 9.14. The molecule has 0 aliphatic carbocycles. The van der Waals surface area contributed by atoms with Crippen LogP contribution < -0.4 is 5.32 Å². The Kier molecular flexibility index (Phi) is 4.22. The molecule has 1 fully saturated rings. The van der Waals surface area contributed by atoms with Crippen LogP contribution in [0, 0.1) is 0 Å². The molecule has 0 saturated carbocycles. The molecule has 0 spiro atoms. The van der Waals surface area contributed by atoms with E-state index in [0.29, 0.717) is 18.7 Å². The summed E-state index contributed by atoms with van der Waals surface area (Å²) < 4.78 is 0. The van der Waals surface area contributed by atoms with Crippen molar-refractivity contribution in [1.82, 2.24) is 5.32 Å². The molecule has 0 aromatic rings. The second-order valence-corrected chi connectivity index (χ2v) is 4.88. The van der Waals surface area contributed by atoms with Crippen LogP contribution in [0.3, 0.4) is 0 Å². The number of rotatable bonds is 4. The molecule has 2 atom stereocenters. The summed E-state index contributed by atoms with van der Waals surface area (Å²) in [5.74, 6) is 0.825. The van der Waals surface area contributed by atoms with Gasteiger partial charge in [0.1, 0.15) is 5.54 Å². The van der Waals surface area contributed by atoms with Gasteiger partial charge in [-0.25, -0.2) is 0 Å². The molecular formula is C9H17NO3S. The highest BCUT2D eigenvalue weighted by Gasteiger charge is 2.39. The minimum atomic E-state index is -0.820. The summed E-state index contributed by atoms with van der Waals surface area (Å²) >= 11 is 1.66. The van der Waals surface area contributed by atoms with Crippen molar-refractivity contribution in [1.29, 1.82) is 0 Å². The topological polar surface area (TPSA) is 69.6 Å². The fraction of sp³-hybridized carbons (Fsp3) is 0.889. The standard InChI is InChI=1S/C9H17NO3S/c1-7(11)5-10-9(8(12)13)3-2-4-14-6-9/h7,10-11H,2-6H2,1H3,(H,12,13). The fourth-order valence-electron chi connectivity index (χ4n) is 1.52. The van der Waals surface area contributed by atoms with E-state index < -0.39 is 17.6 Å². The van der Waals surface area contributed by atoms with Crippen LogP contribution in [-0.4, -0.2) is 45.9 Å². The predicted molar refractivity (Wildman–Crippen MR) is 56.6 cm³/mol. The van der Waals surface area contributed by atoms with Crippen LogP contribution in [0.4, 0.5) is 0 Å². The largest absolute Gasteiger partial charge is 0.480 e. The number of thioether (sulfide) groups is 1. The maximum Gasteiger partial charge on any atom is 0.324 e. The Morgan fingerprint density at radius 1 is 1.71 bits per heavy atom. The number of β-amino-alcohol motifs (C(OH)–C–C–N with tert-alkyl or cyclic N) is 1. The number of carboxylic acid groups (broad SMARTS) is 1. The van der Waals surface area contributed by atoms with Crippen LogP contribution in [0.25, 0.3) is 0 Å². The molecule has 0 radical (unpaired) electrons. The van der Waals surface area contributed by atoms with E-state index in [-0.39, 0.29) is 0 Å². The minimum absolute atomic E-state index is 0.340. The van der Waals surface area contributed by atoms with Gasteiger partial charge in [-0.1, -0.05) is 0 Å². The number of aliphatic hydroxyl groups is 1. The smallest absolute Gasteiger partial charge is 0.324 e. The summed E-state index contributed by atoms with van der Waals surface area (Å²) in [6, 6.07) is 0. The first-order valence-corrected chi connectivity index (χ1v) is 5.96. The normalized spacial score (nSPS) is 29.9. The average Bonchev–Trinajstić information content (AvgIpc) is 2.16. The molecule has 82 valence electrons. The van der Waals surface area contributed by atoms with Crippen LogP contribution >= 0.6 is 11.8 Å². The molecule has 1 aliphatic heterocycles. The van der Waals surface area contributed by atoms with Gasteiger partial charge in [0.05, 0.1) is 6.10 Å². The molecule has 0 aromatic carbocycles. The van der Waals surface area contributed by atoms with Gasteiger partial charge < -0.3 is 10.2 Å². The fourth-order valence-corrected chi connectivity index (χ4v) is 2.73. The summed E-state index contributed by atoms with van der Waals surface area (Å²) in [7, 11) is 0. The minimum Gasteiger partial charge on any atom is -0.480 e. The number of nitrogens with one attached hydrogen (secondary N) is 1. The SMILES string of the molecule is CC(O)CNC1(C(=O)O)CCCSC1. The van der Waals surface area contributed by atoms with Gasteiger partial charge in [-0.3, -0.25) is 10.1 Å². The highest BCUT2D eigenvalue weighted by Crippen LogP contribution is 2.26. The van der Waals surface area contributed by atoms with Gasteiger partial charge in [0, 0.05) is 12.3 Å². The van der Waals surface area contributed by atoms with Gasteiger partial charge in [0.25, 0.3) is 0 Å². The first kappa shape index (κ1) is 11.8. The van der Waals surface area contributed by atoms with Crippen LogP contribution in [0.5, 0.6) is 0 Å². The molecule has 0 aromatic heterocycles. The van der Waals surface area contributed by atoms with Crippen LogP contribution in [0.1, 0.15) is 19.8 Å².